The Labute approximate surface area is 167 Å². The third kappa shape index (κ3) is 5.40. The maximum absolute atomic E-state index is 12.5. The van der Waals surface area contributed by atoms with Gasteiger partial charge in [0.25, 0.3) is 0 Å². The Bertz CT molecular complexity index is 868. The topological polar surface area (TPSA) is 60.5 Å². The molecule has 0 aliphatic heterocycles. The molecule has 1 fully saturated rings. The molecular formula is C21H23F3N2O3. The van der Waals surface area contributed by atoms with Crippen molar-refractivity contribution >= 4 is 5.91 Å². The van der Waals surface area contributed by atoms with Crippen molar-refractivity contribution in [2.45, 2.75) is 38.4 Å². The van der Waals surface area contributed by atoms with Crippen LogP contribution in [0.1, 0.15) is 42.1 Å². The highest BCUT2D eigenvalue weighted by molar-refractivity contribution is 5.83. The Kier molecular flexibility index (Phi) is 6.00. The highest BCUT2D eigenvalue weighted by atomic mass is 19.4. The molecule has 5 nitrogen and oxygen atoms in total. The lowest BCUT2D eigenvalue weighted by Crippen LogP contribution is -2.29. The summed E-state index contributed by atoms with van der Waals surface area (Å²) in [4.78, 5) is 16.6. The predicted octanol–water partition coefficient (Wildman–Crippen LogP) is 4.32. The molecule has 0 bridgehead atoms. The minimum Gasteiger partial charge on any atom is -0.496 e. The third-order valence-electron chi connectivity index (χ3n) is 4.94. The summed E-state index contributed by atoms with van der Waals surface area (Å²) in [7, 11) is 1.62. The molecule has 0 saturated heterocycles. The standard InChI is InChI=1S/C21H23F3N2O3/c1-12-8-14(4-7-19(12)28-3)16-9-17(16)20(27)26-13(2)18-6-5-15(10-25-18)29-11-21(22,23)24/h4-8,10,13,16-17H,9,11H2,1-3H3,(H,26,27)/t13-,16?,17?/m1/s1. The van der Waals surface area contributed by atoms with Crippen LogP contribution in [-0.2, 0) is 4.79 Å². The fourth-order valence-electron chi connectivity index (χ4n) is 3.28. The average molecular weight is 408 g/mol. The Balaban J connectivity index is 1.54. The average Bonchev–Trinajstić information content (AvgIpc) is 3.47. The number of nitrogens with zero attached hydrogens (tertiary/aromatic N) is 1. The highest BCUT2D eigenvalue weighted by Crippen LogP contribution is 2.48. The first kappa shape index (κ1) is 21.0. The SMILES string of the molecule is COc1ccc(C2CC2C(=O)N[C@H](C)c2ccc(OCC(F)(F)F)cn2)cc1C. The van der Waals surface area contributed by atoms with E-state index in [1.807, 2.05) is 25.1 Å². The normalized spacial score (nSPS) is 19.4. The molecule has 29 heavy (non-hydrogen) atoms. The summed E-state index contributed by atoms with van der Waals surface area (Å²) in [6.45, 7) is 2.38. The maximum Gasteiger partial charge on any atom is 0.422 e. The highest BCUT2D eigenvalue weighted by Gasteiger charge is 2.44. The smallest absolute Gasteiger partial charge is 0.422 e. The number of ether oxygens (including phenoxy) is 2. The number of hydrogen-bond donors (Lipinski definition) is 1. The van der Waals surface area contributed by atoms with E-state index in [9.17, 15) is 18.0 Å². The molecular weight excluding hydrogens is 385 g/mol. The summed E-state index contributed by atoms with van der Waals surface area (Å²) in [5, 5.41) is 2.92. The minimum absolute atomic E-state index is 0.0294. The number of pyridine rings is 1. The molecule has 1 aliphatic rings. The van der Waals surface area contributed by atoms with E-state index in [0.29, 0.717) is 5.69 Å². The van der Waals surface area contributed by atoms with E-state index in [1.54, 1.807) is 20.1 Å². The van der Waals surface area contributed by atoms with E-state index in [-0.39, 0.29) is 29.5 Å². The van der Waals surface area contributed by atoms with Gasteiger partial charge in [-0.25, -0.2) is 0 Å². The van der Waals surface area contributed by atoms with Crippen LogP contribution in [0.4, 0.5) is 13.2 Å². The molecule has 2 unspecified atom stereocenters. The Morgan fingerprint density at radius 2 is 2.07 bits per heavy atom. The lowest BCUT2D eigenvalue weighted by molar-refractivity contribution is -0.153. The van der Waals surface area contributed by atoms with Crippen LogP contribution in [0, 0.1) is 12.8 Å². The van der Waals surface area contributed by atoms with Gasteiger partial charge in [-0.3, -0.25) is 9.78 Å². The number of halogens is 3. The van der Waals surface area contributed by atoms with Crippen molar-refractivity contribution in [3.63, 3.8) is 0 Å². The van der Waals surface area contributed by atoms with Gasteiger partial charge in [0.15, 0.2) is 6.61 Å². The van der Waals surface area contributed by atoms with Crippen molar-refractivity contribution in [1.82, 2.24) is 10.3 Å². The van der Waals surface area contributed by atoms with Crippen molar-refractivity contribution in [1.29, 1.82) is 0 Å². The summed E-state index contributed by atoms with van der Waals surface area (Å²) in [6.07, 6.45) is -2.39. The summed E-state index contributed by atoms with van der Waals surface area (Å²) >= 11 is 0. The van der Waals surface area contributed by atoms with Gasteiger partial charge in [0.2, 0.25) is 5.91 Å². The van der Waals surface area contributed by atoms with Gasteiger partial charge in [0.1, 0.15) is 11.5 Å². The fourth-order valence-corrected chi connectivity index (χ4v) is 3.28. The van der Waals surface area contributed by atoms with Gasteiger partial charge in [0.05, 0.1) is 25.0 Å². The monoisotopic (exact) mass is 408 g/mol. The van der Waals surface area contributed by atoms with E-state index >= 15 is 0 Å². The van der Waals surface area contributed by atoms with Crippen molar-refractivity contribution < 1.29 is 27.4 Å². The van der Waals surface area contributed by atoms with Crippen LogP contribution < -0.4 is 14.8 Å². The quantitative estimate of drug-likeness (QED) is 0.741. The number of hydrogen-bond acceptors (Lipinski definition) is 4. The van der Waals surface area contributed by atoms with Crippen molar-refractivity contribution in [2.75, 3.05) is 13.7 Å². The van der Waals surface area contributed by atoms with Crippen molar-refractivity contribution in [3.8, 4) is 11.5 Å². The Morgan fingerprint density at radius 1 is 1.31 bits per heavy atom. The number of nitrogens with one attached hydrogen (secondary N) is 1. The molecule has 1 saturated carbocycles. The molecule has 1 aliphatic carbocycles. The van der Waals surface area contributed by atoms with Gasteiger partial charge in [0, 0.05) is 5.92 Å². The van der Waals surface area contributed by atoms with E-state index in [4.69, 9.17) is 4.74 Å². The molecule has 8 heteroatoms. The molecule has 1 N–H and O–H groups in total. The first-order chi connectivity index (χ1) is 13.7. The van der Waals surface area contributed by atoms with Gasteiger partial charge < -0.3 is 14.8 Å². The Morgan fingerprint density at radius 3 is 2.66 bits per heavy atom. The summed E-state index contributed by atoms with van der Waals surface area (Å²) in [5.74, 6) is 0.868. The largest absolute Gasteiger partial charge is 0.496 e. The molecule has 1 amide bonds. The third-order valence-corrected chi connectivity index (χ3v) is 4.94. The minimum atomic E-state index is -4.40. The zero-order valence-corrected chi connectivity index (χ0v) is 16.4. The summed E-state index contributed by atoms with van der Waals surface area (Å²) in [5.41, 5.74) is 2.69. The fraction of sp³-hybridized carbons (Fsp3) is 0.429. The number of alkyl halides is 3. The second-order valence-corrected chi connectivity index (χ2v) is 7.23. The number of amides is 1. The predicted molar refractivity (Wildman–Crippen MR) is 101 cm³/mol. The molecule has 2 aromatic rings. The van der Waals surface area contributed by atoms with Gasteiger partial charge >= 0.3 is 6.18 Å². The maximum atomic E-state index is 12.5. The number of methoxy groups -OCH3 is 1. The summed E-state index contributed by atoms with van der Waals surface area (Å²) < 4.78 is 46.5. The first-order valence-corrected chi connectivity index (χ1v) is 9.28. The van der Waals surface area contributed by atoms with Crippen LogP contribution in [0.25, 0.3) is 0 Å². The van der Waals surface area contributed by atoms with Gasteiger partial charge in [-0.2, -0.15) is 13.2 Å². The van der Waals surface area contributed by atoms with Crippen molar-refractivity contribution in [2.24, 2.45) is 5.92 Å². The number of aromatic nitrogens is 1. The zero-order valence-electron chi connectivity index (χ0n) is 16.4. The van der Waals surface area contributed by atoms with Crippen LogP contribution in [0.15, 0.2) is 36.5 Å². The molecule has 0 radical (unpaired) electrons. The lowest BCUT2D eigenvalue weighted by atomic mass is 10.1. The second-order valence-electron chi connectivity index (χ2n) is 7.23. The van der Waals surface area contributed by atoms with Crippen LogP contribution in [0.3, 0.4) is 0 Å². The first-order valence-electron chi connectivity index (χ1n) is 9.28. The summed E-state index contributed by atoms with van der Waals surface area (Å²) in [6, 6.07) is 8.53. The van der Waals surface area contributed by atoms with Crippen LogP contribution in [0.5, 0.6) is 11.5 Å². The van der Waals surface area contributed by atoms with E-state index < -0.39 is 12.8 Å². The molecule has 1 heterocycles. The molecule has 1 aromatic heterocycles. The van der Waals surface area contributed by atoms with Crippen LogP contribution in [-0.4, -0.2) is 30.8 Å². The number of carbonyl (C=O) groups excluding carboxylic acids is 1. The second kappa shape index (κ2) is 8.31. The zero-order chi connectivity index (χ0) is 21.2. The molecule has 3 atom stereocenters. The number of carbonyl (C=O) groups is 1. The number of benzene rings is 1. The molecule has 156 valence electrons. The number of aryl methyl sites for hydroxylation is 1. The van der Waals surface area contributed by atoms with Gasteiger partial charge in [-0.1, -0.05) is 12.1 Å². The van der Waals surface area contributed by atoms with Gasteiger partial charge in [-0.05, 0) is 55.5 Å². The van der Waals surface area contributed by atoms with Crippen molar-refractivity contribution in [3.05, 3.63) is 53.3 Å². The van der Waals surface area contributed by atoms with E-state index in [1.165, 1.54) is 12.3 Å². The van der Waals surface area contributed by atoms with Crippen LogP contribution in [0.2, 0.25) is 0 Å². The van der Waals surface area contributed by atoms with Crippen LogP contribution >= 0.6 is 0 Å². The molecule has 0 spiro atoms. The number of rotatable bonds is 7. The van der Waals surface area contributed by atoms with Gasteiger partial charge in [-0.15, -0.1) is 0 Å². The Hall–Kier alpha value is -2.77. The molecule has 3 rings (SSSR count). The molecule has 1 aromatic carbocycles. The van der Waals surface area contributed by atoms with E-state index in [0.717, 1.165) is 23.3 Å². The lowest BCUT2D eigenvalue weighted by Gasteiger charge is -2.15. The van der Waals surface area contributed by atoms with E-state index in [2.05, 4.69) is 15.0 Å².